The third-order valence-corrected chi connectivity index (χ3v) is 5.38. The first-order valence-corrected chi connectivity index (χ1v) is 11.3. The summed E-state index contributed by atoms with van der Waals surface area (Å²) < 4.78 is 1.14. The van der Waals surface area contributed by atoms with Crippen LogP contribution in [0.4, 0.5) is 0 Å². The number of carbonyl (C=O) groups is 4. The van der Waals surface area contributed by atoms with Crippen LogP contribution in [-0.4, -0.2) is 52.6 Å². The second-order valence-electron chi connectivity index (χ2n) is 7.27. The van der Waals surface area contributed by atoms with Gasteiger partial charge in [-0.25, -0.2) is 4.79 Å². The molecule has 6 N–H and O–H groups in total. The fraction of sp³-hybridized carbons (Fsp3) is 0.524. The molecular formula is C21H30IN3O6. The Morgan fingerprint density at radius 2 is 1.58 bits per heavy atom. The average molecular weight is 547 g/mol. The van der Waals surface area contributed by atoms with Gasteiger partial charge in [-0.15, -0.1) is 0 Å². The van der Waals surface area contributed by atoms with E-state index in [1.165, 1.54) is 0 Å². The zero-order valence-corrected chi connectivity index (χ0v) is 19.5. The van der Waals surface area contributed by atoms with Gasteiger partial charge < -0.3 is 26.6 Å². The summed E-state index contributed by atoms with van der Waals surface area (Å²) in [5, 5.41) is 23.2. The van der Waals surface area contributed by atoms with Crippen LogP contribution in [-0.2, 0) is 25.6 Å². The molecule has 0 aliphatic carbocycles. The van der Waals surface area contributed by atoms with Gasteiger partial charge in [0.15, 0.2) is 0 Å². The predicted octanol–water partition coefficient (Wildman–Crippen LogP) is 1.66. The molecule has 0 radical (unpaired) electrons. The van der Waals surface area contributed by atoms with Crippen molar-refractivity contribution in [3.63, 3.8) is 0 Å². The van der Waals surface area contributed by atoms with Crippen LogP contribution in [0.25, 0.3) is 0 Å². The van der Waals surface area contributed by atoms with Crippen LogP contribution in [0.3, 0.4) is 0 Å². The van der Waals surface area contributed by atoms with Crippen molar-refractivity contribution >= 4 is 46.3 Å². The van der Waals surface area contributed by atoms with Crippen molar-refractivity contribution in [2.45, 2.75) is 63.5 Å². The normalized spacial score (nSPS) is 12.6. The molecule has 0 unspecified atom stereocenters. The number of unbranched alkanes of at least 4 members (excludes halogenated alkanes) is 1. The Bertz CT molecular complexity index is 741. The summed E-state index contributed by atoms with van der Waals surface area (Å²) in [6, 6.07) is 6.00. The monoisotopic (exact) mass is 547 g/mol. The molecule has 0 fully saturated rings. The first-order chi connectivity index (χ1) is 14.7. The van der Waals surface area contributed by atoms with Gasteiger partial charge in [-0.05, 0) is 78.8 Å². The van der Waals surface area contributed by atoms with Crippen LogP contribution >= 0.6 is 22.6 Å². The quantitative estimate of drug-likeness (QED) is 0.165. The summed E-state index contributed by atoms with van der Waals surface area (Å²) in [5.74, 6) is -2.82. The SMILES string of the molecule is N[C@@H](CCC(=O)NCCCC[C@H](NC(=O)CCCc1ccc(I)cc1)C(=O)O)C(=O)O. The molecule has 0 spiro atoms. The summed E-state index contributed by atoms with van der Waals surface area (Å²) in [6.07, 6.45) is 3.02. The molecular weight excluding hydrogens is 517 g/mol. The molecule has 2 atom stereocenters. The summed E-state index contributed by atoms with van der Waals surface area (Å²) >= 11 is 2.23. The van der Waals surface area contributed by atoms with Gasteiger partial charge in [-0.1, -0.05) is 12.1 Å². The molecule has 31 heavy (non-hydrogen) atoms. The predicted molar refractivity (Wildman–Crippen MR) is 123 cm³/mol. The van der Waals surface area contributed by atoms with Crippen LogP contribution in [0.2, 0.25) is 0 Å². The maximum Gasteiger partial charge on any atom is 0.326 e. The Kier molecular flexibility index (Phi) is 12.8. The molecule has 172 valence electrons. The summed E-state index contributed by atoms with van der Waals surface area (Å²) in [4.78, 5) is 45.7. The van der Waals surface area contributed by atoms with Gasteiger partial charge in [0, 0.05) is 23.0 Å². The van der Waals surface area contributed by atoms with Crippen molar-refractivity contribution in [2.75, 3.05) is 6.54 Å². The Hall–Kier alpha value is -2.21. The molecule has 0 saturated carbocycles. The van der Waals surface area contributed by atoms with Crippen molar-refractivity contribution in [3.05, 3.63) is 33.4 Å². The molecule has 0 aromatic heterocycles. The van der Waals surface area contributed by atoms with Crippen molar-refractivity contribution in [1.82, 2.24) is 10.6 Å². The van der Waals surface area contributed by atoms with Crippen LogP contribution in [0.5, 0.6) is 0 Å². The number of carbonyl (C=O) groups excluding carboxylic acids is 2. The lowest BCUT2D eigenvalue weighted by Gasteiger charge is -2.14. The third-order valence-electron chi connectivity index (χ3n) is 4.66. The second-order valence-corrected chi connectivity index (χ2v) is 8.51. The lowest BCUT2D eigenvalue weighted by molar-refractivity contribution is -0.142. The minimum atomic E-state index is -1.15. The largest absolute Gasteiger partial charge is 0.480 e. The number of hydrogen-bond acceptors (Lipinski definition) is 5. The van der Waals surface area contributed by atoms with Gasteiger partial charge in [0.25, 0.3) is 0 Å². The molecule has 0 saturated heterocycles. The summed E-state index contributed by atoms with van der Waals surface area (Å²) in [6.45, 7) is 0.345. The lowest BCUT2D eigenvalue weighted by atomic mass is 10.1. The van der Waals surface area contributed by atoms with Crippen molar-refractivity contribution in [1.29, 1.82) is 0 Å². The Morgan fingerprint density at radius 1 is 0.903 bits per heavy atom. The van der Waals surface area contributed by atoms with E-state index in [9.17, 15) is 24.3 Å². The highest BCUT2D eigenvalue weighted by Gasteiger charge is 2.19. The first kappa shape index (κ1) is 26.8. The van der Waals surface area contributed by atoms with Crippen LogP contribution < -0.4 is 16.4 Å². The molecule has 1 aromatic rings. The highest BCUT2D eigenvalue weighted by Crippen LogP contribution is 2.10. The van der Waals surface area contributed by atoms with Crippen molar-refractivity contribution < 1.29 is 29.4 Å². The average Bonchev–Trinajstić information content (AvgIpc) is 2.72. The number of aliphatic carboxylic acids is 2. The van der Waals surface area contributed by atoms with Crippen molar-refractivity contribution in [2.24, 2.45) is 5.73 Å². The number of aryl methyl sites for hydroxylation is 1. The van der Waals surface area contributed by atoms with Gasteiger partial charge >= 0.3 is 11.9 Å². The number of nitrogens with two attached hydrogens (primary N) is 1. The van der Waals surface area contributed by atoms with E-state index in [0.717, 1.165) is 15.6 Å². The molecule has 0 bridgehead atoms. The zero-order chi connectivity index (χ0) is 23.2. The lowest BCUT2D eigenvalue weighted by Crippen LogP contribution is -2.40. The smallest absolute Gasteiger partial charge is 0.326 e. The molecule has 0 aliphatic rings. The number of rotatable bonds is 15. The number of hydrogen-bond donors (Lipinski definition) is 5. The minimum absolute atomic E-state index is 0.0174. The van der Waals surface area contributed by atoms with E-state index in [1.807, 2.05) is 24.3 Å². The number of benzene rings is 1. The fourth-order valence-corrected chi connectivity index (χ4v) is 3.19. The van der Waals surface area contributed by atoms with E-state index in [0.29, 0.717) is 25.8 Å². The summed E-state index contributed by atoms with van der Waals surface area (Å²) in [5.41, 5.74) is 6.47. The number of halogens is 1. The molecule has 9 nitrogen and oxygen atoms in total. The third kappa shape index (κ3) is 12.3. The summed E-state index contributed by atoms with van der Waals surface area (Å²) in [7, 11) is 0. The van der Waals surface area contributed by atoms with Gasteiger partial charge in [0.2, 0.25) is 11.8 Å². The van der Waals surface area contributed by atoms with E-state index in [4.69, 9.17) is 10.8 Å². The van der Waals surface area contributed by atoms with E-state index >= 15 is 0 Å². The van der Waals surface area contributed by atoms with E-state index in [2.05, 4.69) is 33.2 Å². The van der Waals surface area contributed by atoms with E-state index < -0.39 is 24.0 Å². The Labute approximate surface area is 195 Å². The number of carboxylic acids is 2. The van der Waals surface area contributed by atoms with E-state index in [-0.39, 0.29) is 37.5 Å². The van der Waals surface area contributed by atoms with E-state index in [1.54, 1.807) is 0 Å². The first-order valence-electron chi connectivity index (χ1n) is 10.2. The fourth-order valence-electron chi connectivity index (χ4n) is 2.83. The number of carboxylic acid groups (broad SMARTS) is 2. The van der Waals surface area contributed by atoms with Gasteiger partial charge in [0.1, 0.15) is 12.1 Å². The van der Waals surface area contributed by atoms with Crippen LogP contribution in [0, 0.1) is 3.57 Å². The molecule has 2 amide bonds. The number of nitrogens with one attached hydrogen (secondary N) is 2. The maximum absolute atomic E-state index is 12.1. The molecule has 1 aromatic carbocycles. The molecule has 0 heterocycles. The van der Waals surface area contributed by atoms with Gasteiger partial charge in [-0.3, -0.25) is 14.4 Å². The second kappa shape index (κ2) is 14.7. The standard InChI is InChI=1S/C21H30IN3O6/c22-15-9-7-14(8-10-15)4-3-6-19(27)25-17(21(30)31)5-1-2-13-24-18(26)12-11-16(23)20(28)29/h7-10,16-17H,1-6,11-13,23H2,(H,24,26)(H,25,27)(H,28,29)(H,30,31)/t16-,17-/m0/s1. The maximum atomic E-state index is 12.1. The molecule has 10 heteroatoms. The highest BCUT2D eigenvalue weighted by atomic mass is 127. The Morgan fingerprint density at radius 3 is 2.19 bits per heavy atom. The Balaban J connectivity index is 2.21. The zero-order valence-electron chi connectivity index (χ0n) is 17.3. The minimum Gasteiger partial charge on any atom is -0.480 e. The van der Waals surface area contributed by atoms with Crippen molar-refractivity contribution in [3.8, 4) is 0 Å². The number of amides is 2. The highest BCUT2D eigenvalue weighted by molar-refractivity contribution is 14.1. The van der Waals surface area contributed by atoms with Gasteiger partial charge in [0.05, 0.1) is 0 Å². The topological polar surface area (TPSA) is 159 Å². The van der Waals surface area contributed by atoms with Crippen LogP contribution in [0.1, 0.15) is 50.5 Å². The van der Waals surface area contributed by atoms with Crippen LogP contribution in [0.15, 0.2) is 24.3 Å². The molecule has 1 rings (SSSR count). The molecule has 0 aliphatic heterocycles. The van der Waals surface area contributed by atoms with Gasteiger partial charge in [-0.2, -0.15) is 0 Å².